The van der Waals surface area contributed by atoms with Gasteiger partial charge in [0.05, 0.1) is 0 Å². The minimum Gasteiger partial charge on any atom is -0.342 e. The summed E-state index contributed by atoms with van der Waals surface area (Å²) in [5, 5.41) is 0. The summed E-state index contributed by atoms with van der Waals surface area (Å²) in [5.41, 5.74) is 0. The molecule has 2 saturated heterocycles. The van der Waals surface area contributed by atoms with Gasteiger partial charge in [0.1, 0.15) is 0 Å². The van der Waals surface area contributed by atoms with Gasteiger partial charge in [-0.25, -0.2) is 9.34 Å². The van der Waals surface area contributed by atoms with Crippen molar-refractivity contribution < 1.29 is 4.89 Å². The number of rotatable bonds is 2. The zero-order chi connectivity index (χ0) is 6.48. The molecule has 0 bridgehead atoms. The number of nitrogens with zero attached hydrogens (tertiary/aromatic N) is 2. The maximum atomic E-state index is 9.57. The van der Waals surface area contributed by atoms with E-state index in [9.17, 15) is 4.89 Å². The lowest BCUT2D eigenvalue weighted by Crippen LogP contribution is -2.01. The van der Waals surface area contributed by atoms with Crippen molar-refractivity contribution in [1.82, 2.24) is 9.34 Å². The van der Waals surface area contributed by atoms with Crippen LogP contribution in [-0.4, -0.2) is 40.4 Å². The summed E-state index contributed by atoms with van der Waals surface area (Å²) < 4.78 is 3.96. The first-order chi connectivity index (χ1) is 4.21. The van der Waals surface area contributed by atoms with E-state index >= 15 is 0 Å². The molecular formula is C4H9N2OPS. The van der Waals surface area contributed by atoms with Crippen molar-refractivity contribution in [3.63, 3.8) is 0 Å². The molecule has 2 heterocycles. The molecule has 0 radical (unpaired) electrons. The molecule has 2 fully saturated rings. The lowest BCUT2D eigenvalue weighted by Gasteiger charge is -2.15. The van der Waals surface area contributed by atoms with E-state index in [0.717, 1.165) is 26.2 Å². The molecule has 0 aromatic heterocycles. The molecule has 2 aliphatic heterocycles. The van der Waals surface area contributed by atoms with E-state index in [-0.39, 0.29) is 0 Å². The van der Waals surface area contributed by atoms with E-state index in [4.69, 9.17) is 11.8 Å². The first-order valence-electron chi connectivity index (χ1n) is 3.05. The average Bonchev–Trinajstić information content (AvgIpc) is 2.62. The van der Waals surface area contributed by atoms with Crippen molar-refractivity contribution in [3.05, 3.63) is 0 Å². The van der Waals surface area contributed by atoms with Crippen LogP contribution < -0.4 is 0 Å². The van der Waals surface area contributed by atoms with Crippen LogP contribution in [0.25, 0.3) is 0 Å². The minimum atomic E-state index is -2.11. The van der Waals surface area contributed by atoms with Crippen LogP contribution in [0.1, 0.15) is 0 Å². The monoisotopic (exact) mass is 164 g/mol. The maximum Gasteiger partial charge on any atom is 0.200 e. The largest absolute Gasteiger partial charge is 0.342 e. The van der Waals surface area contributed by atoms with Gasteiger partial charge in [0.2, 0.25) is 6.57 Å². The molecule has 0 unspecified atom stereocenters. The molecule has 52 valence electrons. The van der Waals surface area contributed by atoms with Crippen LogP contribution >= 0.6 is 6.57 Å². The Hall–Kier alpha value is 0.530. The number of hydrogen-bond donors (Lipinski definition) is 1. The molecule has 9 heavy (non-hydrogen) atoms. The van der Waals surface area contributed by atoms with Crippen LogP contribution in [0.4, 0.5) is 0 Å². The van der Waals surface area contributed by atoms with Gasteiger partial charge in [-0.2, -0.15) is 0 Å². The zero-order valence-electron chi connectivity index (χ0n) is 5.03. The average molecular weight is 164 g/mol. The summed E-state index contributed by atoms with van der Waals surface area (Å²) in [7, 11) is 0. The highest BCUT2D eigenvalue weighted by molar-refractivity contribution is 8.09. The Morgan fingerprint density at radius 3 is 1.67 bits per heavy atom. The Kier molecular flexibility index (Phi) is 1.23. The third kappa shape index (κ3) is 1.06. The van der Waals surface area contributed by atoms with Crippen LogP contribution in [0, 0.1) is 0 Å². The molecule has 0 saturated carbocycles. The van der Waals surface area contributed by atoms with Gasteiger partial charge in [0.25, 0.3) is 0 Å². The van der Waals surface area contributed by atoms with Crippen LogP contribution in [0.15, 0.2) is 0 Å². The zero-order valence-corrected chi connectivity index (χ0v) is 6.74. The number of hydrogen-bond acceptors (Lipinski definition) is 1. The molecule has 5 heteroatoms. The lowest BCUT2D eigenvalue weighted by atomic mass is 11.0. The normalized spacial score (nSPS) is 28.6. The first kappa shape index (κ1) is 6.25. The molecule has 3 nitrogen and oxygen atoms in total. The highest BCUT2D eigenvalue weighted by Crippen LogP contribution is 2.56. The SMILES string of the molecule is OP(=S)(N1CC1)N1CC1. The van der Waals surface area contributed by atoms with Gasteiger partial charge in [0.15, 0.2) is 0 Å². The Balaban J connectivity index is 2.10. The third-order valence-electron chi connectivity index (χ3n) is 1.58. The quantitative estimate of drug-likeness (QED) is 0.453. The molecule has 0 spiro atoms. The van der Waals surface area contributed by atoms with E-state index in [0.29, 0.717) is 0 Å². The van der Waals surface area contributed by atoms with Gasteiger partial charge < -0.3 is 4.89 Å². The smallest absolute Gasteiger partial charge is 0.200 e. The van der Waals surface area contributed by atoms with Gasteiger partial charge in [-0.05, 0) is 11.8 Å². The van der Waals surface area contributed by atoms with Crippen molar-refractivity contribution in [3.8, 4) is 0 Å². The van der Waals surface area contributed by atoms with E-state index < -0.39 is 6.57 Å². The van der Waals surface area contributed by atoms with E-state index in [1.54, 1.807) is 0 Å². The van der Waals surface area contributed by atoms with Crippen molar-refractivity contribution in [2.24, 2.45) is 0 Å². The fourth-order valence-electron chi connectivity index (χ4n) is 0.789. The van der Waals surface area contributed by atoms with Gasteiger partial charge in [0, 0.05) is 26.2 Å². The van der Waals surface area contributed by atoms with Gasteiger partial charge in [-0.3, -0.25) is 0 Å². The van der Waals surface area contributed by atoms with E-state index in [1.807, 2.05) is 9.34 Å². The van der Waals surface area contributed by atoms with Crippen molar-refractivity contribution >= 4 is 18.4 Å². The highest BCUT2D eigenvalue weighted by Gasteiger charge is 2.42. The van der Waals surface area contributed by atoms with Crippen molar-refractivity contribution in [2.75, 3.05) is 26.2 Å². The topological polar surface area (TPSA) is 26.2 Å². The molecule has 2 rings (SSSR count). The summed E-state index contributed by atoms with van der Waals surface area (Å²) in [5.74, 6) is 0. The Morgan fingerprint density at radius 1 is 1.11 bits per heavy atom. The molecule has 0 amide bonds. The molecule has 0 aliphatic carbocycles. The molecular weight excluding hydrogens is 155 g/mol. The summed E-state index contributed by atoms with van der Waals surface area (Å²) in [4.78, 5) is 9.57. The fourth-order valence-corrected chi connectivity index (χ4v) is 3.35. The predicted molar refractivity (Wildman–Crippen MR) is 39.6 cm³/mol. The van der Waals surface area contributed by atoms with Crippen LogP contribution in [0.3, 0.4) is 0 Å². The second-order valence-corrected chi connectivity index (χ2v) is 6.05. The molecule has 1 N–H and O–H groups in total. The van der Waals surface area contributed by atoms with E-state index in [2.05, 4.69) is 0 Å². The molecule has 0 aromatic carbocycles. The van der Waals surface area contributed by atoms with Crippen LogP contribution in [0.5, 0.6) is 0 Å². The predicted octanol–water partition coefficient (Wildman–Crippen LogP) is -0.166. The Labute approximate surface area is 59.5 Å². The van der Waals surface area contributed by atoms with Crippen molar-refractivity contribution in [1.29, 1.82) is 0 Å². The highest BCUT2D eigenvalue weighted by atomic mass is 32.5. The third-order valence-corrected chi connectivity index (χ3v) is 5.24. The van der Waals surface area contributed by atoms with Gasteiger partial charge in [-0.1, -0.05) is 0 Å². The standard InChI is InChI=1S/C4H9N2OPS/c7-8(9,5-1-2-5)6-3-4-6/h1-4H2,(H,7,9). The first-order valence-corrected chi connectivity index (χ1v) is 5.71. The van der Waals surface area contributed by atoms with Gasteiger partial charge in [-0.15, -0.1) is 0 Å². The molecule has 0 atom stereocenters. The Morgan fingerprint density at radius 2 is 1.44 bits per heavy atom. The second-order valence-electron chi connectivity index (χ2n) is 2.42. The van der Waals surface area contributed by atoms with Crippen molar-refractivity contribution in [2.45, 2.75) is 0 Å². The lowest BCUT2D eigenvalue weighted by molar-refractivity contribution is 0.531. The van der Waals surface area contributed by atoms with Gasteiger partial charge >= 0.3 is 0 Å². The second kappa shape index (κ2) is 1.77. The maximum absolute atomic E-state index is 9.57. The summed E-state index contributed by atoms with van der Waals surface area (Å²) in [6, 6.07) is 0. The van der Waals surface area contributed by atoms with Crippen LogP contribution in [0.2, 0.25) is 0 Å². The Bertz CT molecular complexity index is 161. The summed E-state index contributed by atoms with van der Waals surface area (Å²) in [6.45, 7) is 1.90. The minimum absolute atomic E-state index is 1.00. The summed E-state index contributed by atoms with van der Waals surface area (Å²) >= 11 is 5.03. The fraction of sp³-hybridized carbons (Fsp3) is 1.00. The van der Waals surface area contributed by atoms with Crippen LogP contribution in [-0.2, 0) is 11.8 Å². The molecule has 0 aromatic rings. The molecule has 2 aliphatic rings. The van der Waals surface area contributed by atoms with E-state index in [1.165, 1.54) is 0 Å². The summed E-state index contributed by atoms with van der Waals surface area (Å²) in [6.07, 6.45) is 0.